The van der Waals surface area contributed by atoms with Crippen LogP contribution in [-0.2, 0) is 4.79 Å². The van der Waals surface area contributed by atoms with Gasteiger partial charge in [-0.2, -0.15) is 0 Å². The molecule has 1 aliphatic carbocycles. The third-order valence-corrected chi connectivity index (χ3v) is 3.97. The number of carbonyl (C=O) groups excluding carboxylic acids is 3. The lowest BCUT2D eigenvalue weighted by Gasteiger charge is -2.04. The molecule has 0 radical (unpaired) electrons. The second-order valence-corrected chi connectivity index (χ2v) is 6.23. The van der Waals surface area contributed by atoms with Crippen molar-refractivity contribution in [3.63, 3.8) is 0 Å². The van der Waals surface area contributed by atoms with Crippen molar-refractivity contribution in [1.29, 1.82) is 0 Å². The lowest BCUT2D eigenvalue weighted by molar-refractivity contribution is -0.116. The summed E-state index contributed by atoms with van der Waals surface area (Å²) in [6.07, 6.45) is 6.60. The molecule has 1 fully saturated rings. The Hall–Kier alpha value is -3.35. The third kappa shape index (κ3) is 5.85. The van der Waals surface area contributed by atoms with Gasteiger partial charge in [-0.25, -0.2) is 0 Å². The summed E-state index contributed by atoms with van der Waals surface area (Å²) in [5, 5.41) is 8.24. The van der Waals surface area contributed by atoms with Crippen molar-refractivity contribution in [2.45, 2.75) is 18.9 Å². The van der Waals surface area contributed by atoms with Crippen molar-refractivity contribution in [1.82, 2.24) is 16.0 Å². The van der Waals surface area contributed by atoms with Crippen molar-refractivity contribution in [3.05, 3.63) is 65.6 Å². The lowest BCUT2D eigenvalue weighted by Crippen LogP contribution is -2.33. The van der Waals surface area contributed by atoms with E-state index in [9.17, 15) is 14.4 Å². The second kappa shape index (κ2) is 8.84. The number of furan rings is 1. The van der Waals surface area contributed by atoms with Crippen molar-refractivity contribution >= 4 is 23.8 Å². The van der Waals surface area contributed by atoms with Gasteiger partial charge in [0.25, 0.3) is 11.8 Å². The van der Waals surface area contributed by atoms with E-state index in [1.807, 2.05) is 0 Å². The van der Waals surface area contributed by atoms with E-state index >= 15 is 0 Å². The van der Waals surface area contributed by atoms with Crippen molar-refractivity contribution in [2.24, 2.45) is 0 Å². The van der Waals surface area contributed by atoms with Gasteiger partial charge >= 0.3 is 0 Å². The molecule has 1 saturated carbocycles. The summed E-state index contributed by atoms with van der Waals surface area (Å²) >= 11 is 0. The Morgan fingerprint density at radius 3 is 2.41 bits per heavy atom. The van der Waals surface area contributed by atoms with E-state index < -0.39 is 0 Å². The van der Waals surface area contributed by atoms with Gasteiger partial charge in [-0.1, -0.05) is 12.1 Å². The van der Waals surface area contributed by atoms with Gasteiger partial charge in [-0.3, -0.25) is 14.4 Å². The number of benzene rings is 1. The maximum Gasteiger partial charge on any atom is 0.287 e. The Labute approximate surface area is 156 Å². The van der Waals surface area contributed by atoms with Crippen LogP contribution in [0.15, 0.2) is 53.2 Å². The van der Waals surface area contributed by atoms with Crippen LogP contribution >= 0.6 is 0 Å². The van der Waals surface area contributed by atoms with Gasteiger partial charge in [-0.15, -0.1) is 0 Å². The highest BCUT2D eigenvalue weighted by molar-refractivity contribution is 5.95. The lowest BCUT2D eigenvalue weighted by atomic mass is 10.1. The molecule has 0 unspecified atom stereocenters. The smallest absolute Gasteiger partial charge is 0.287 e. The van der Waals surface area contributed by atoms with Crippen LogP contribution in [0.4, 0.5) is 0 Å². The average Bonchev–Trinajstić information content (AvgIpc) is 3.31. The molecule has 0 spiro atoms. The van der Waals surface area contributed by atoms with E-state index in [2.05, 4.69) is 16.0 Å². The number of carbonyl (C=O) groups is 3. The van der Waals surface area contributed by atoms with Gasteiger partial charge in [0, 0.05) is 30.8 Å². The van der Waals surface area contributed by atoms with Crippen LogP contribution in [0, 0.1) is 0 Å². The maximum atomic E-state index is 11.9. The van der Waals surface area contributed by atoms with Gasteiger partial charge in [0.1, 0.15) is 0 Å². The van der Waals surface area contributed by atoms with Gasteiger partial charge in [0.05, 0.1) is 6.26 Å². The summed E-state index contributed by atoms with van der Waals surface area (Å²) in [5.41, 5.74) is 1.43. The van der Waals surface area contributed by atoms with E-state index in [0.29, 0.717) is 24.7 Å². The highest BCUT2D eigenvalue weighted by atomic mass is 16.3. The molecule has 3 rings (SSSR count). The SMILES string of the molecule is O=C(/C=C/c1ccc(C(=O)NC2CC2)cc1)NCCNC(=O)c1ccco1. The van der Waals surface area contributed by atoms with Gasteiger partial charge < -0.3 is 20.4 Å². The predicted octanol–water partition coefficient (Wildman–Crippen LogP) is 1.73. The molecule has 140 valence electrons. The first kappa shape index (κ1) is 18.4. The number of amides is 3. The van der Waals surface area contributed by atoms with E-state index in [4.69, 9.17) is 4.42 Å². The molecular formula is C20H21N3O4. The number of hydrogen-bond donors (Lipinski definition) is 3. The highest BCUT2D eigenvalue weighted by Crippen LogP contribution is 2.19. The molecular weight excluding hydrogens is 346 g/mol. The molecule has 1 aromatic carbocycles. The minimum Gasteiger partial charge on any atom is -0.459 e. The first-order valence-electron chi connectivity index (χ1n) is 8.80. The summed E-state index contributed by atoms with van der Waals surface area (Å²) < 4.78 is 4.97. The standard InChI is InChI=1S/C20H21N3O4/c24-18(21-11-12-22-20(26)17-2-1-13-27-17)10-5-14-3-6-15(7-4-14)19(25)23-16-8-9-16/h1-7,10,13,16H,8-9,11-12H2,(H,21,24)(H,22,26)(H,23,25)/b10-5+. The molecule has 0 atom stereocenters. The van der Waals surface area contributed by atoms with Crippen molar-refractivity contribution < 1.29 is 18.8 Å². The minimum atomic E-state index is -0.324. The Morgan fingerprint density at radius 1 is 1.00 bits per heavy atom. The predicted molar refractivity (Wildman–Crippen MR) is 100 cm³/mol. The molecule has 0 bridgehead atoms. The zero-order valence-corrected chi connectivity index (χ0v) is 14.7. The summed E-state index contributed by atoms with van der Waals surface area (Å²) in [6, 6.07) is 10.6. The van der Waals surface area contributed by atoms with Crippen LogP contribution in [0.1, 0.15) is 39.3 Å². The molecule has 7 nitrogen and oxygen atoms in total. The molecule has 0 saturated heterocycles. The van der Waals surface area contributed by atoms with Crippen LogP contribution < -0.4 is 16.0 Å². The molecule has 3 N–H and O–H groups in total. The van der Waals surface area contributed by atoms with E-state index in [-0.39, 0.29) is 23.5 Å². The Morgan fingerprint density at radius 2 is 1.74 bits per heavy atom. The van der Waals surface area contributed by atoms with Crippen LogP contribution in [0.5, 0.6) is 0 Å². The molecule has 27 heavy (non-hydrogen) atoms. The monoisotopic (exact) mass is 367 g/mol. The van der Waals surface area contributed by atoms with Crippen LogP contribution in [0.2, 0.25) is 0 Å². The fourth-order valence-corrected chi connectivity index (χ4v) is 2.33. The highest BCUT2D eigenvalue weighted by Gasteiger charge is 2.23. The van der Waals surface area contributed by atoms with E-state index in [0.717, 1.165) is 18.4 Å². The molecule has 0 aliphatic heterocycles. The van der Waals surface area contributed by atoms with Gasteiger partial charge in [0.15, 0.2) is 5.76 Å². The summed E-state index contributed by atoms with van der Waals surface area (Å²) in [6.45, 7) is 0.597. The van der Waals surface area contributed by atoms with Crippen LogP contribution in [0.25, 0.3) is 6.08 Å². The fourth-order valence-electron chi connectivity index (χ4n) is 2.33. The van der Waals surface area contributed by atoms with Crippen molar-refractivity contribution in [3.8, 4) is 0 Å². The summed E-state index contributed by atoms with van der Waals surface area (Å²) in [4.78, 5) is 35.4. The molecule has 2 aromatic rings. The molecule has 1 aliphatic rings. The maximum absolute atomic E-state index is 11.9. The number of nitrogens with one attached hydrogen (secondary N) is 3. The summed E-state index contributed by atoms with van der Waals surface area (Å²) in [5.74, 6) is -0.425. The largest absolute Gasteiger partial charge is 0.459 e. The first-order chi connectivity index (χ1) is 13.1. The zero-order valence-electron chi connectivity index (χ0n) is 14.7. The molecule has 1 heterocycles. The fraction of sp³-hybridized carbons (Fsp3) is 0.250. The Kier molecular flexibility index (Phi) is 6.04. The van der Waals surface area contributed by atoms with Crippen LogP contribution in [-0.4, -0.2) is 36.9 Å². The first-order valence-corrected chi connectivity index (χ1v) is 8.80. The molecule has 7 heteroatoms. The van der Waals surface area contributed by atoms with Crippen LogP contribution in [0.3, 0.4) is 0 Å². The quantitative estimate of drug-likeness (QED) is 0.489. The minimum absolute atomic E-state index is 0.0673. The average molecular weight is 367 g/mol. The second-order valence-electron chi connectivity index (χ2n) is 6.23. The molecule has 3 amide bonds. The Bertz CT molecular complexity index is 821. The Balaban J connectivity index is 1.37. The van der Waals surface area contributed by atoms with Gasteiger partial charge in [0.2, 0.25) is 5.91 Å². The van der Waals surface area contributed by atoms with Crippen molar-refractivity contribution in [2.75, 3.05) is 13.1 Å². The normalized spacial score (nSPS) is 13.3. The zero-order chi connectivity index (χ0) is 19.1. The molecule has 1 aromatic heterocycles. The summed E-state index contributed by atoms with van der Waals surface area (Å²) in [7, 11) is 0. The van der Waals surface area contributed by atoms with Gasteiger partial charge in [-0.05, 0) is 48.7 Å². The topological polar surface area (TPSA) is 100 Å². The third-order valence-electron chi connectivity index (χ3n) is 3.97. The number of hydrogen-bond acceptors (Lipinski definition) is 4. The van der Waals surface area contributed by atoms with E-state index in [1.54, 1.807) is 42.5 Å². The number of rotatable bonds is 8. The van der Waals surface area contributed by atoms with E-state index in [1.165, 1.54) is 12.3 Å².